The van der Waals surface area contributed by atoms with Crippen LogP contribution in [0.1, 0.15) is 44.9 Å². The number of hydrogen-bond donors (Lipinski definition) is 2. The SMILES string of the molecule is NNC(C1=CCCCCC1)C1CC1. The van der Waals surface area contributed by atoms with Gasteiger partial charge in [-0.05, 0) is 44.4 Å². The minimum Gasteiger partial charge on any atom is -0.271 e. The van der Waals surface area contributed by atoms with Gasteiger partial charge in [0.1, 0.15) is 0 Å². The summed E-state index contributed by atoms with van der Waals surface area (Å²) in [6, 6.07) is 0.498. The van der Waals surface area contributed by atoms with E-state index in [-0.39, 0.29) is 0 Å². The number of rotatable bonds is 3. The Balaban J connectivity index is 1.97. The van der Waals surface area contributed by atoms with Crippen LogP contribution >= 0.6 is 0 Å². The predicted octanol–water partition coefficient (Wildman–Crippen LogP) is 2.12. The van der Waals surface area contributed by atoms with Gasteiger partial charge in [0.05, 0.1) is 0 Å². The predicted molar refractivity (Wildman–Crippen MR) is 55.0 cm³/mol. The summed E-state index contributed by atoms with van der Waals surface area (Å²) in [7, 11) is 0. The third-order valence-corrected chi connectivity index (χ3v) is 3.25. The van der Waals surface area contributed by atoms with Crippen molar-refractivity contribution in [2.45, 2.75) is 51.0 Å². The fraction of sp³-hybridized carbons (Fsp3) is 0.818. The Bertz CT molecular complexity index is 194. The lowest BCUT2D eigenvalue weighted by molar-refractivity contribution is 0.515. The van der Waals surface area contributed by atoms with E-state index in [1.807, 2.05) is 0 Å². The van der Waals surface area contributed by atoms with Gasteiger partial charge >= 0.3 is 0 Å². The molecular weight excluding hydrogens is 160 g/mol. The molecule has 0 aromatic heterocycles. The third-order valence-electron chi connectivity index (χ3n) is 3.25. The maximum atomic E-state index is 5.60. The average molecular weight is 180 g/mol. The van der Waals surface area contributed by atoms with E-state index < -0.39 is 0 Å². The lowest BCUT2D eigenvalue weighted by Crippen LogP contribution is -2.38. The highest BCUT2D eigenvalue weighted by atomic mass is 15.2. The Kier molecular flexibility index (Phi) is 3.01. The third kappa shape index (κ3) is 2.32. The van der Waals surface area contributed by atoms with E-state index in [9.17, 15) is 0 Å². The van der Waals surface area contributed by atoms with E-state index >= 15 is 0 Å². The van der Waals surface area contributed by atoms with Gasteiger partial charge in [0, 0.05) is 6.04 Å². The van der Waals surface area contributed by atoms with Crippen molar-refractivity contribution in [1.29, 1.82) is 0 Å². The summed E-state index contributed by atoms with van der Waals surface area (Å²) in [6.45, 7) is 0. The van der Waals surface area contributed by atoms with Gasteiger partial charge in [0.25, 0.3) is 0 Å². The summed E-state index contributed by atoms with van der Waals surface area (Å²) < 4.78 is 0. The molecule has 0 amide bonds. The number of hydrogen-bond acceptors (Lipinski definition) is 2. The molecule has 1 saturated carbocycles. The van der Waals surface area contributed by atoms with E-state index in [1.54, 1.807) is 5.57 Å². The largest absolute Gasteiger partial charge is 0.271 e. The molecule has 2 aliphatic rings. The number of hydrazine groups is 1. The van der Waals surface area contributed by atoms with Crippen LogP contribution in [-0.4, -0.2) is 6.04 Å². The van der Waals surface area contributed by atoms with E-state index in [0.717, 1.165) is 5.92 Å². The molecule has 1 fully saturated rings. The number of allylic oxidation sites excluding steroid dienone is 1. The molecular formula is C11H20N2. The molecule has 3 N–H and O–H groups in total. The first kappa shape index (κ1) is 9.22. The van der Waals surface area contributed by atoms with Crippen molar-refractivity contribution >= 4 is 0 Å². The highest BCUT2D eigenvalue weighted by Crippen LogP contribution is 2.37. The first-order chi connectivity index (χ1) is 6.42. The first-order valence-corrected chi connectivity index (χ1v) is 5.57. The van der Waals surface area contributed by atoms with Crippen LogP contribution in [0.5, 0.6) is 0 Å². The van der Waals surface area contributed by atoms with E-state index in [0.29, 0.717) is 6.04 Å². The lowest BCUT2D eigenvalue weighted by Gasteiger charge is -2.18. The quantitative estimate of drug-likeness (QED) is 0.396. The molecule has 2 rings (SSSR count). The summed E-state index contributed by atoms with van der Waals surface area (Å²) >= 11 is 0. The van der Waals surface area contributed by atoms with Crippen LogP contribution in [0.15, 0.2) is 11.6 Å². The molecule has 74 valence electrons. The summed E-state index contributed by atoms with van der Waals surface area (Å²) in [6.07, 6.45) is 11.8. The molecule has 1 unspecified atom stereocenters. The zero-order chi connectivity index (χ0) is 9.10. The Hall–Kier alpha value is -0.340. The van der Waals surface area contributed by atoms with Crippen molar-refractivity contribution in [1.82, 2.24) is 5.43 Å². The van der Waals surface area contributed by atoms with Crippen LogP contribution in [0.2, 0.25) is 0 Å². The van der Waals surface area contributed by atoms with Gasteiger partial charge in [-0.1, -0.05) is 18.1 Å². The van der Waals surface area contributed by atoms with E-state index in [1.165, 1.54) is 44.9 Å². The normalized spacial score (nSPS) is 26.4. The molecule has 2 heteroatoms. The molecule has 0 aliphatic heterocycles. The topological polar surface area (TPSA) is 38.0 Å². The van der Waals surface area contributed by atoms with E-state index in [4.69, 9.17) is 5.84 Å². The average Bonchev–Trinajstić information content (AvgIpc) is 2.92. The molecule has 0 bridgehead atoms. The van der Waals surface area contributed by atoms with Gasteiger partial charge in [-0.15, -0.1) is 0 Å². The monoisotopic (exact) mass is 180 g/mol. The minimum absolute atomic E-state index is 0.498. The van der Waals surface area contributed by atoms with Crippen LogP contribution in [0.25, 0.3) is 0 Å². The summed E-state index contributed by atoms with van der Waals surface area (Å²) in [5, 5.41) is 0. The van der Waals surface area contributed by atoms with Gasteiger partial charge < -0.3 is 0 Å². The van der Waals surface area contributed by atoms with Crippen molar-refractivity contribution in [3.8, 4) is 0 Å². The lowest BCUT2D eigenvalue weighted by atomic mass is 9.99. The van der Waals surface area contributed by atoms with Gasteiger partial charge in [0.2, 0.25) is 0 Å². The van der Waals surface area contributed by atoms with Crippen molar-refractivity contribution < 1.29 is 0 Å². The fourth-order valence-electron chi connectivity index (χ4n) is 2.30. The fourth-order valence-corrected chi connectivity index (χ4v) is 2.30. The summed E-state index contributed by atoms with van der Waals surface area (Å²) in [5.74, 6) is 6.45. The highest BCUT2D eigenvalue weighted by Gasteiger charge is 2.32. The van der Waals surface area contributed by atoms with Crippen molar-refractivity contribution in [3.63, 3.8) is 0 Å². The van der Waals surface area contributed by atoms with Crippen molar-refractivity contribution in [2.24, 2.45) is 11.8 Å². The maximum Gasteiger partial charge on any atom is 0.0447 e. The molecule has 0 heterocycles. The number of nitrogens with one attached hydrogen (secondary N) is 1. The van der Waals surface area contributed by atoms with Gasteiger partial charge in [-0.25, -0.2) is 0 Å². The second kappa shape index (κ2) is 4.25. The molecule has 0 radical (unpaired) electrons. The van der Waals surface area contributed by atoms with Gasteiger partial charge in [-0.3, -0.25) is 11.3 Å². The molecule has 0 spiro atoms. The molecule has 0 aromatic carbocycles. The Morgan fingerprint density at radius 1 is 1.31 bits per heavy atom. The maximum absolute atomic E-state index is 5.60. The number of nitrogens with two attached hydrogens (primary N) is 1. The van der Waals surface area contributed by atoms with Crippen LogP contribution in [0, 0.1) is 5.92 Å². The van der Waals surface area contributed by atoms with Crippen LogP contribution in [0.3, 0.4) is 0 Å². The van der Waals surface area contributed by atoms with Gasteiger partial charge in [0.15, 0.2) is 0 Å². The van der Waals surface area contributed by atoms with E-state index in [2.05, 4.69) is 11.5 Å². The molecule has 1 atom stereocenters. The summed E-state index contributed by atoms with van der Waals surface area (Å²) in [5.41, 5.74) is 4.58. The van der Waals surface area contributed by atoms with Crippen LogP contribution < -0.4 is 11.3 Å². The standard InChI is InChI=1S/C11H20N2/c12-13-11(10-7-8-10)9-5-3-1-2-4-6-9/h5,10-11,13H,1-4,6-8,12H2. The minimum atomic E-state index is 0.498. The molecule has 2 nitrogen and oxygen atoms in total. The molecule has 2 aliphatic carbocycles. The molecule has 0 saturated heterocycles. The summed E-state index contributed by atoms with van der Waals surface area (Å²) in [4.78, 5) is 0. The smallest absolute Gasteiger partial charge is 0.0447 e. The van der Waals surface area contributed by atoms with Crippen molar-refractivity contribution in [3.05, 3.63) is 11.6 Å². The Labute approximate surface area is 80.5 Å². The second-order valence-electron chi connectivity index (χ2n) is 4.36. The molecule has 13 heavy (non-hydrogen) atoms. The first-order valence-electron chi connectivity index (χ1n) is 5.57. The second-order valence-corrected chi connectivity index (χ2v) is 4.36. The zero-order valence-corrected chi connectivity index (χ0v) is 8.26. The molecule has 0 aromatic rings. The van der Waals surface area contributed by atoms with Crippen molar-refractivity contribution in [2.75, 3.05) is 0 Å². The Morgan fingerprint density at radius 2 is 2.15 bits per heavy atom. The van der Waals surface area contributed by atoms with Crippen LogP contribution in [0.4, 0.5) is 0 Å². The zero-order valence-electron chi connectivity index (χ0n) is 8.26. The Morgan fingerprint density at radius 3 is 2.85 bits per heavy atom. The highest BCUT2D eigenvalue weighted by molar-refractivity contribution is 5.15. The van der Waals surface area contributed by atoms with Gasteiger partial charge in [-0.2, -0.15) is 0 Å². The van der Waals surface area contributed by atoms with Crippen LogP contribution in [-0.2, 0) is 0 Å².